The first kappa shape index (κ1) is 15.4. The molecule has 0 bridgehead atoms. The molecule has 0 spiro atoms. The topological polar surface area (TPSA) is 120 Å². The Kier molecular flexibility index (Phi) is 5.08. The molecule has 5 atom stereocenters. The first-order chi connectivity index (χ1) is 9.58. The van der Waals surface area contributed by atoms with Gasteiger partial charge in [0, 0.05) is 19.2 Å². The minimum Gasteiger partial charge on any atom is -0.394 e. The van der Waals surface area contributed by atoms with Crippen molar-refractivity contribution in [1.82, 2.24) is 14.9 Å². The van der Waals surface area contributed by atoms with Crippen molar-refractivity contribution in [2.75, 3.05) is 20.2 Å². The van der Waals surface area contributed by atoms with E-state index in [9.17, 15) is 15.3 Å². The second-order valence-electron chi connectivity index (χ2n) is 4.89. The molecule has 2 heterocycles. The third-order valence-corrected chi connectivity index (χ3v) is 3.45. The van der Waals surface area contributed by atoms with E-state index in [1.165, 1.54) is 10.9 Å². The molecule has 1 saturated heterocycles. The predicted molar refractivity (Wildman–Crippen MR) is 68.9 cm³/mol. The van der Waals surface area contributed by atoms with E-state index in [2.05, 4.69) is 10.3 Å². The average molecular weight is 287 g/mol. The number of likely N-dealkylation sites (N-methyl/N-ethyl adjacent to an activating group) is 1. The van der Waals surface area contributed by atoms with Gasteiger partial charge in [0.1, 0.15) is 24.4 Å². The van der Waals surface area contributed by atoms with E-state index >= 15 is 0 Å². The molecule has 1 aromatic rings. The molecule has 8 nitrogen and oxygen atoms in total. The lowest BCUT2D eigenvalue weighted by Crippen LogP contribution is -2.56. The van der Waals surface area contributed by atoms with Crippen molar-refractivity contribution in [2.45, 2.75) is 37.1 Å². The summed E-state index contributed by atoms with van der Waals surface area (Å²) in [6.45, 7) is 0.328. The highest BCUT2D eigenvalue weighted by Gasteiger charge is 2.44. The minimum atomic E-state index is -1.38. The van der Waals surface area contributed by atoms with Gasteiger partial charge in [0.2, 0.25) is 0 Å². The molecule has 5 N–H and O–H groups in total. The zero-order chi connectivity index (χ0) is 14.7. The van der Waals surface area contributed by atoms with Gasteiger partial charge >= 0.3 is 0 Å². The van der Waals surface area contributed by atoms with Gasteiger partial charge in [-0.1, -0.05) is 0 Å². The van der Waals surface area contributed by atoms with Crippen molar-refractivity contribution in [3.05, 3.63) is 18.2 Å². The number of nitrogens with one attached hydrogen (secondary N) is 1. The van der Waals surface area contributed by atoms with E-state index in [4.69, 9.17) is 9.84 Å². The second-order valence-corrected chi connectivity index (χ2v) is 4.89. The zero-order valence-corrected chi connectivity index (χ0v) is 11.3. The standard InChI is InChI=1S/C12H21N3O5/c1-13-3-2-7-4-15(6-14-7)12-11(19)10(18)9(17)8(5-16)20-12/h4,6,8-13,16-19H,2-3,5H2,1H3/t8-,9+,10+,11+,12-/m0/s1. The summed E-state index contributed by atoms with van der Waals surface area (Å²) < 4.78 is 6.97. The van der Waals surface area contributed by atoms with Crippen LogP contribution in [0.25, 0.3) is 0 Å². The molecule has 0 aromatic carbocycles. The molecule has 8 heteroatoms. The Balaban J connectivity index is 2.12. The number of rotatable bonds is 5. The quantitative estimate of drug-likeness (QED) is 0.410. The number of imidazole rings is 1. The summed E-state index contributed by atoms with van der Waals surface area (Å²) in [6, 6.07) is 0. The van der Waals surface area contributed by atoms with Gasteiger partial charge in [0.05, 0.1) is 18.6 Å². The normalized spacial score (nSPS) is 34.4. The molecule has 1 aliphatic heterocycles. The SMILES string of the molecule is CNCCc1cn([C@H]2O[C@@H](CO)[C@@H](O)[C@@H](O)[C@H]2O)cn1. The molecule has 1 aliphatic rings. The number of ether oxygens (including phenoxy) is 1. The molecule has 20 heavy (non-hydrogen) atoms. The van der Waals surface area contributed by atoms with Crippen LogP contribution in [-0.2, 0) is 11.2 Å². The van der Waals surface area contributed by atoms with Gasteiger partial charge in [-0.25, -0.2) is 4.98 Å². The van der Waals surface area contributed by atoms with E-state index in [0.29, 0.717) is 0 Å². The molecular weight excluding hydrogens is 266 g/mol. The Morgan fingerprint density at radius 2 is 2.05 bits per heavy atom. The van der Waals surface area contributed by atoms with Crippen LogP contribution in [0.2, 0.25) is 0 Å². The minimum absolute atomic E-state index is 0.442. The first-order valence-corrected chi connectivity index (χ1v) is 6.56. The maximum atomic E-state index is 9.98. The second kappa shape index (κ2) is 6.61. The van der Waals surface area contributed by atoms with Crippen LogP contribution in [0.15, 0.2) is 12.5 Å². The summed E-state index contributed by atoms with van der Waals surface area (Å²) in [5.41, 5.74) is 0.816. The van der Waals surface area contributed by atoms with Gasteiger partial charge in [-0.2, -0.15) is 0 Å². The van der Waals surface area contributed by atoms with Crippen molar-refractivity contribution in [2.24, 2.45) is 0 Å². The third kappa shape index (κ3) is 3.00. The molecule has 0 amide bonds. The highest BCUT2D eigenvalue weighted by molar-refractivity contribution is 5.00. The number of aliphatic hydroxyl groups is 4. The fraction of sp³-hybridized carbons (Fsp3) is 0.750. The van der Waals surface area contributed by atoms with Crippen molar-refractivity contribution in [3.63, 3.8) is 0 Å². The van der Waals surface area contributed by atoms with E-state index in [-0.39, 0.29) is 0 Å². The number of aromatic nitrogens is 2. The van der Waals surface area contributed by atoms with Crippen molar-refractivity contribution in [3.8, 4) is 0 Å². The van der Waals surface area contributed by atoms with Crippen molar-refractivity contribution >= 4 is 0 Å². The molecular formula is C12H21N3O5. The molecule has 1 aromatic heterocycles. The van der Waals surface area contributed by atoms with Gasteiger partial charge in [0.15, 0.2) is 6.23 Å². The zero-order valence-electron chi connectivity index (χ0n) is 11.3. The van der Waals surface area contributed by atoms with Crippen LogP contribution in [0.5, 0.6) is 0 Å². The molecule has 0 aliphatic carbocycles. The predicted octanol–water partition coefficient (Wildman–Crippen LogP) is -2.38. The van der Waals surface area contributed by atoms with Crippen molar-refractivity contribution in [1.29, 1.82) is 0 Å². The summed E-state index contributed by atoms with van der Waals surface area (Å²) in [5, 5.41) is 41.6. The first-order valence-electron chi connectivity index (χ1n) is 6.56. The molecule has 2 rings (SSSR count). The summed E-state index contributed by atoms with van der Waals surface area (Å²) >= 11 is 0. The Labute approximate surface area is 116 Å². The lowest BCUT2D eigenvalue weighted by molar-refractivity contribution is -0.251. The van der Waals surface area contributed by atoms with E-state index in [1.54, 1.807) is 6.20 Å². The van der Waals surface area contributed by atoms with Crippen LogP contribution in [-0.4, -0.2) is 74.6 Å². The summed E-state index contributed by atoms with van der Waals surface area (Å²) in [7, 11) is 1.84. The van der Waals surface area contributed by atoms with E-state index < -0.39 is 37.3 Å². The molecule has 114 valence electrons. The van der Waals surface area contributed by atoms with Crippen LogP contribution in [0.3, 0.4) is 0 Å². The third-order valence-electron chi connectivity index (χ3n) is 3.45. The number of nitrogens with zero attached hydrogens (tertiary/aromatic N) is 2. The van der Waals surface area contributed by atoms with Gasteiger partial charge in [0.25, 0.3) is 0 Å². The molecule has 0 radical (unpaired) electrons. The molecule has 1 fully saturated rings. The van der Waals surface area contributed by atoms with Crippen LogP contribution < -0.4 is 5.32 Å². The Morgan fingerprint density at radius 3 is 2.70 bits per heavy atom. The summed E-state index contributed by atoms with van der Waals surface area (Å²) in [6.07, 6.45) is -1.89. The monoisotopic (exact) mass is 287 g/mol. The van der Waals surface area contributed by atoms with Crippen LogP contribution in [0.1, 0.15) is 11.9 Å². The fourth-order valence-corrected chi connectivity index (χ4v) is 2.23. The van der Waals surface area contributed by atoms with E-state index in [0.717, 1.165) is 18.7 Å². The maximum Gasteiger partial charge on any atom is 0.164 e. The van der Waals surface area contributed by atoms with Crippen LogP contribution in [0.4, 0.5) is 0 Å². The van der Waals surface area contributed by atoms with Gasteiger partial charge in [-0.05, 0) is 7.05 Å². The van der Waals surface area contributed by atoms with Crippen molar-refractivity contribution < 1.29 is 25.2 Å². The fourth-order valence-electron chi connectivity index (χ4n) is 2.23. The largest absolute Gasteiger partial charge is 0.394 e. The number of aliphatic hydroxyl groups excluding tert-OH is 4. The van der Waals surface area contributed by atoms with Crippen LogP contribution >= 0.6 is 0 Å². The Bertz CT molecular complexity index is 425. The van der Waals surface area contributed by atoms with Gasteiger partial charge in [-0.15, -0.1) is 0 Å². The molecule has 0 saturated carbocycles. The summed E-state index contributed by atoms with van der Waals surface area (Å²) in [4.78, 5) is 4.18. The highest BCUT2D eigenvalue weighted by Crippen LogP contribution is 2.28. The Morgan fingerprint density at radius 1 is 1.30 bits per heavy atom. The average Bonchev–Trinajstić information content (AvgIpc) is 2.91. The lowest BCUT2D eigenvalue weighted by Gasteiger charge is -2.40. The van der Waals surface area contributed by atoms with Gasteiger partial charge in [-0.3, -0.25) is 0 Å². The lowest BCUT2D eigenvalue weighted by atomic mass is 9.98. The highest BCUT2D eigenvalue weighted by atomic mass is 16.6. The number of hydrogen-bond acceptors (Lipinski definition) is 7. The Hall–Kier alpha value is -1.03. The van der Waals surface area contributed by atoms with E-state index in [1.807, 2.05) is 7.05 Å². The number of hydrogen-bond donors (Lipinski definition) is 5. The summed E-state index contributed by atoms with van der Waals surface area (Å²) in [5.74, 6) is 0. The van der Waals surface area contributed by atoms with Gasteiger partial charge < -0.3 is 35.0 Å². The van der Waals surface area contributed by atoms with Crippen LogP contribution in [0, 0.1) is 0 Å². The molecule has 0 unspecified atom stereocenters. The smallest absolute Gasteiger partial charge is 0.164 e. The maximum absolute atomic E-state index is 9.98.